The zero-order valence-electron chi connectivity index (χ0n) is 8.56. The first-order valence-corrected chi connectivity index (χ1v) is 4.45. The normalized spacial score (nSPS) is 10.3. The highest BCUT2D eigenvalue weighted by Gasteiger charge is 2.09. The van der Waals surface area contributed by atoms with E-state index in [1.807, 2.05) is 25.8 Å². The molecule has 0 saturated carbocycles. The van der Waals surface area contributed by atoms with Crippen LogP contribution in [0.25, 0.3) is 0 Å². The highest BCUT2D eigenvalue weighted by molar-refractivity contribution is 5.85. The van der Waals surface area contributed by atoms with E-state index in [9.17, 15) is 4.79 Å². The van der Waals surface area contributed by atoms with E-state index in [2.05, 4.69) is 4.98 Å². The summed E-state index contributed by atoms with van der Waals surface area (Å²) in [4.78, 5) is 16.6. The molecule has 1 aromatic heterocycles. The minimum Gasteiger partial charge on any atom is -0.477 e. The Kier molecular flexibility index (Phi) is 3.06. The highest BCUT2D eigenvalue weighted by Crippen LogP contribution is 2.12. The molecule has 0 aliphatic rings. The second kappa shape index (κ2) is 4.09. The van der Waals surface area contributed by atoms with E-state index in [1.165, 1.54) is 6.07 Å². The quantitative estimate of drug-likeness (QED) is 0.794. The minimum absolute atomic E-state index is 0.0787. The lowest BCUT2D eigenvalue weighted by molar-refractivity contribution is 0.0690. The zero-order chi connectivity index (χ0) is 10.7. The van der Waals surface area contributed by atoms with Gasteiger partial charge in [-0.3, -0.25) is 0 Å². The number of aromatic carboxylic acids is 1. The Balaban J connectivity index is 2.99. The third kappa shape index (κ3) is 2.22. The molecule has 0 unspecified atom stereocenters. The second-order valence-corrected chi connectivity index (χ2v) is 3.39. The number of rotatable bonds is 3. The van der Waals surface area contributed by atoms with E-state index in [0.29, 0.717) is 11.9 Å². The van der Waals surface area contributed by atoms with Gasteiger partial charge < -0.3 is 10.0 Å². The van der Waals surface area contributed by atoms with Crippen LogP contribution >= 0.6 is 0 Å². The van der Waals surface area contributed by atoms with E-state index in [4.69, 9.17) is 5.11 Å². The van der Waals surface area contributed by atoms with Crippen molar-refractivity contribution < 1.29 is 9.90 Å². The van der Waals surface area contributed by atoms with Crippen molar-refractivity contribution in [3.63, 3.8) is 0 Å². The molecule has 1 rings (SSSR count). The Morgan fingerprint density at radius 1 is 1.50 bits per heavy atom. The number of anilines is 1. The van der Waals surface area contributed by atoms with Crippen molar-refractivity contribution >= 4 is 11.8 Å². The van der Waals surface area contributed by atoms with Crippen LogP contribution < -0.4 is 4.90 Å². The van der Waals surface area contributed by atoms with Gasteiger partial charge in [-0.1, -0.05) is 6.07 Å². The van der Waals surface area contributed by atoms with Crippen LogP contribution in [0.2, 0.25) is 0 Å². The summed E-state index contributed by atoms with van der Waals surface area (Å²) >= 11 is 0. The first-order chi connectivity index (χ1) is 6.52. The topological polar surface area (TPSA) is 53.4 Å². The molecule has 14 heavy (non-hydrogen) atoms. The molecule has 0 atom stereocenters. The van der Waals surface area contributed by atoms with Gasteiger partial charge in [0.15, 0.2) is 5.69 Å². The maximum Gasteiger partial charge on any atom is 0.354 e. The van der Waals surface area contributed by atoms with Crippen molar-refractivity contribution in [2.75, 3.05) is 11.9 Å². The van der Waals surface area contributed by atoms with Crippen molar-refractivity contribution in [1.82, 2.24) is 4.98 Å². The molecular formula is C10H14N2O2. The van der Waals surface area contributed by atoms with E-state index in [0.717, 1.165) is 0 Å². The molecule has 0 bridgehead atoms. The van der Waals surface area contributed by atoms with Crippen LogP contribution in [0.15, 0.2) is 18.2 Å². The molecule has 0 aliphatic heterocycles. The molecule has 1 aromatic rings. The van der Waals surface area contributed by atoms with E-state index in [1.54, 1.807) is 12.1 Å². The summed E-state index contributed by atoms with van der Waals surface area (Å²) in [6, 6.07) is 5.28. The molecule has 1 N–H and O–H groups in total. The average molecular weight is 194 g/mol. The van der Waals surface area contributed by atoms with Crippen molar-refractivity contribution in [3.8, 4) is 0 Å². The van der Waals surface area contributed by atoms with Crippen LogP contribution in [-0.2, 0) is 0 Å². The second-order valence-electron chi connectivity index (χ2n) is 3.39. The zero-order valence-corrected chi connectivity index (χ0v) is 8.56. The molecule has 0 spiro atoms. The third-order valence-corrected chi connectivity index (χ3v) is 2.09. The first kappa shape index (κ1) is 10.5. The highest BCUT2D eigenvalue weighted by atomic mass is 16.4. The lowest BCUT2D eigenvalue weighted by Gasteiger charge is -2.22. The SMILES string of the molecule is CC(C)N(C)c1cccc(C(=O)O)n1. The number of nitrogens with zero attached hydrogens (tertiary/aromatic N) is 2. The molecule has 0 radical (unpaired) electrons. The number of hydrogen-bond acceptors (Lipinski definition) is 3. The summed E-state index contributed by atoms with van der Waals surface area (Å²) in [6.07, 6.45) is 0. The maximum atomic E-state index is 10.7. The summed E-state index contributed by atoms with van der Waals surface area (Å²) in [7, 11) is 1.89. The molecule has 0 aromatic carbocycles. The van der Waals surface area contributed by atoms with Gasteiger partial charge in [0.2, 0.25) is 0 Å². The third-order valence-electron chi connectivity index (χ3n) is 2.09. The van der Waals surface area contributed by atoms with E-state index >= 15 is 0 Å². The molecule has 0 saturated heterocycles. The maximum absolute atomic E-state index is 10.7. The van der Waals surface area contributed by atoms with Gasteiger partial charge in [0.05, 0.1) is 0 Å². The van der Waals surface area contributed by atoms with Gasteiger partial charge in [0.1, 0.15) is 5.82 Å². The molecule has 0 aliphatic carbocycles. The van der Waals surface area contributed by atoms with Crippen LogP contribution in [-0.4, -0.2) is 29.1 Å². The van der Waals surface area contributed by atoms with Crippen LogP contribution in [0.4, 0.5) is 5.82 Å². The molecular weight excluding hydrogens is 180 g/mol. The molecule has 4 nitrogen and oxygen atoms in total. The smallest absolute Gasteiger partial charge is 0.354 e. The first-order valence-electron chi connectivity index (χ1n) is 4.45. The molecule has 4 heteroatoms. The summed E-state index contributed by atoms with van der Waals surface area (Å²) in [5.74, 6) is -0.316. The fraction of sp³-hybridized carbons (Fsp3) is 0.400. The van der Waals surface area contributed by atoms with Gasteiger partial charge >= 0.3 is 5.97 Å². The van der Waals surface area contributed by atoms with Gasteiger partial charge in [-0.25, -0.2) is 9.78 Å². The summed E-state index contributed by atoms with van der Waals surface area (Å²) in [6.45, 7) is 4.05. The summed E-state index contributed by atoms with van der Waals surface area (Å²) < 4.78 is 0. The van der Waals surface area contributed by atoms with Crippen molar-refractivity contribution in [2.45, 2.75) is 19.9 Å². The number of carbonyl (C=O) groups is 1. The van der Waals surface area contributed by atoms with Crippen LogP contribution in [0, 0.1) is 0 Å². The van der Waals surface area contributed by atoms with E-state index in [-0.39, 0.29) is 5.69 Å². The Bertz CT molecular complexity index is 337. The predicted octanol–water partition coefficient (Wildman–Crippen LogP) is 1.62. The van der Waals surface area contributed by atoms with Gasteiger partial charge in [-0.05, 0) is 26.0 Å². The number of carboxylic acid groups (broad SMARTS) is 1. The van der Waals surface area contributed by atoms with Gasteiger partial charge in [0.25, 0.3) is 0 Å². The van der Waals surface area contributed by atoms with Crippen LogP contribution in [0.5, 0.6) is 0 Å². The minimum atomic E-state index is -0.996. The van der Waals surface area contributed by atoms with E-state index < -0.39 is 5.97 Å². The molecule has 0 fully saturated rings. The number of aromatic nitrogens is 1. The summed E-state index contributed by atoms with van der Waals surface area (Å²) in [5.41, 5.74) is 0.0787. The van der Waals surface area contributed by atoms with Crippen LogP contribution in [0.3, 0.4) is 0 Å². The Morgan fingerprint density at radius 3 is 2.64 bits per heavy atom. The Hall–Kier alpha value is -1.58. The fourth-order valence-electron chi connectivity index (χ4n) is 1.00. The monoisotopic (exact) mass is 194 g/mol. The van der Waals surface area contributed by atoms with Gasteiger partial charge in [-0.2, -0.15) is 0 Å². The number of hydrogen-bond donors (Lipinski definition) is 1. The van der Waals surface area contributed by atoms with Crippen molar-refractivity contribution in [3.05, 3.63) is 23.9 Å². The Morgan fingerprint density at radius 2 is 2.14 bits per heavy atom. The lowest BCUT2D eigenvalue weighted by atomic mass is 10.3. The number of carboxylic acids is 1. The molecule has 76 valence electrons. The lowest BCUT2D eigenvalue weighted by Crippen LogP contribution is -2.26. The average Bonchev–Trinajstić information content (AvgIpc) is 2.16. The number of pyridine rings is 1. The molecule has 1 heterocycles. The standard InChI is InChI=1S/C10H14N2O2/c1-7(2)12(3)9-6-4-5-8(11-9)10(13)14/h4-7H,1-3H3,(H,13,14). The predicted molar refractivity (Wildman–Crippen MR) is 54.7 cm³/mol. The van der Waals surface area contributed by atoms with Crippen molar-refractivity contribution in [2.24, 2.45) is 0 Å². The van der Waals surface area contributed by atoms with Gasteiger partial charge in [-0.15, -0.1) is 0 Å². The molecule has 0 amide bonds. The fourth-order valence-corrected chi connectivity index (χ4v) is 1.00. The van der Waals surface area contributed by atoms with Crippen molar-refractivity contribution in [1.29, 1.82) is 0 Å². The van der Waals surface area contributed by atoms with Gasteiger partial charge in [0, 0.05) is 13.1 Å². The largest absolute Gasteiger partial charge is 0.477 e. The summed E-state index contributed by atoms with van der Waals surface area (Å²) in [5, 5.41) is 8.75. The van der Waals surface area contributed by atoms with Crippen LogP contribution in [0.1, 0.15) is 24.3 Å². The Labute approximate surface area is 83.2 Å².